The molecule has 1 aromatic heterocycles. The number of thiophene rings is 1. The molecule has 1 aliphatic rings. The van der Waals surface area contributed by atoms with Crippen LogP contribution < -0.4 is 11.1 Å². The van der Waals surface area contributed by atoms with Gasteiger partial charge in [0.1, 0.15) is 0 Å². The topological polar surface area (TPSA) is 58.4 Å². The molecule has 0 bridgehead atoms. The van der Waals surface area contributed by atoms with Crippen LogP contribution in [0.25, 0.3) is 0 Å². The van der Waals surface area contributed by atoms with Gasteiger partial charge in [0.05, 0.1) is 6.04 Å². The zero-order valence-electron chi connectivity index (χ0n) is 14.4. The van der Waals surface area contributed by atoms with Gasteiger partial charge in [-0.05, 0) is 30.4 Å². The van der Waals surface area contributed by atoms with Gasteiger partial charge in [0.15, 0.2) is 0 Å². The van der Waals surface area contributed by atoms with Crippen LogP contribution in [0, 0.1) is 0 Å². The van der Waals surface area contributed by atoms with Gasteiger partial charge in [-0.25, -0.2) is 0 Å². The van der Waals surface area contributed by atoms with E-state index in [4.69, 9.17) is 5.73 Å². The largest absolute Gasteiger partial charge is 0.354 e. The van der Waals surface area contributed by atoms with Crippen molar-refractivity contribution < 1.29 is 4.79 Å². The van der Waals surface area contributed by atoms with Crippen LogP contribution in [0.15, 0.2) is 47.8 Å². The quantitative estimate of drug-likeness (QED) is 0.811. The van der Waals surface area contributed by atoms with Crippen LogP contribution in [0.4, 0.5) is 0 Å². The second kappa shape index (κ2) is 9.34. The first-order valence-corrected chi connectivity index (χ1v) is 9.38. The Hall–Kier alpha value is -1.40. The summed E-state index contributed by atoms with van der Waals surface area (Å²) in [5.74, 6) is 0.389. The fourth-order valence-corrected chi connectivity index (χ4v) is 4.02. The Morgan fingerprint density at radius 2 is 2.04 bits per heavy atom. The number of hydrogen-bond acceptors (Lipinski definition) is 4. The van der Waals surface area contributed by atoms with E-state index in [1.54, 1.807) is 11.3 Å². The Kier molecular flexibility index (Phi) is 7.44. The van der Waals surface area contributed by atoms with E-state index >= 15 is 0 Å². The highest BCUT2D eigenvalue weighted by atomic mass is 35.5. The van der Waals surface area contributed by atoms with Crippen molar-refractivity contribution >= 4 is 29.7 Å². The molecule has 0 aliphatic carbocycles. The first kappa shape index (κ1) is 19.9. The standard InChI is InChI=1S/C19H25N3OS.ClH/c1-14(19(23)21-10-9-16-8-5-11-24-16)22-12-17(18(20)13-22)15-6-3-2-4-7-15;/h2-8,11,14,17-18H,9-10,12-13,20H2,1H3,(H,21,23);1H/t14?,17-,18+;/m0./s1. The van der Waals surface area contributed by atoms with Gasteiger partial charge in [-0.2, -0.15) is 0 Å². The maximum atomic E-state index is 12.4. The SMILES string of the molecule is CC(C(=O)NCCc1cccs1)N1C[C@@H](N)[C@H](c2ccccc2)C1.Cl. The minimum atomic E-state index is -0.145. The lowest BCUT2D eigenvalue weighted by Gasteiger charge is -2.23. The molecule has 25 heavy (non-hydrogen) atoms. The molecule has 3 atom stereocenters. The molecule has 1 aliphatic heterocycles. The molecule has 6 heteroatoms. The highest BCUT2D eigenvalue weighted by molar-refractivity contribution is 7.09. The minimum Gasteiger partial charge on any atom is -0.354 e. The predicted octanol–water partition coefficient (Wildman–Crippen LogP) is 2.64. The van der Waals surface area contributed by atoms with Crippen molar-refractivity contribution in [2.75, 3.05) is 19.6 Å². The molecule has 1 aromatic carbocycles. The lowest BCUT2D eigenvalue weighted by molar-refractivity contribution is -0.125. The average molecular weight is 380 g/mol. The van der Waals surface area contributed by atoms with E-state index in [1.807, 2.05) is 31.2 Å². The predicted molar refractivity (Wildman–Crippen MR) is 106 cm³/mol. The number of hydrogen-bond donors (Lipinski definition) is 2. The van der Waals surface area contributed by atoms with Gasteiger partial charge in [0.25, 0.3) is 0 Å². The molecular weight excluding hydrogens is 354 g/mol. The summed E-state index contributed by atoms with van der Waals surface area (Å²) in [6, 6.07) is 14.4. The number of likely N-dealkylation sites (tertiary alicyclic amines) is 1. The van der Waals surface area contributed by atoms with Crippen LogP contribution in [0.3, 0.4) is 0 Å². The van der Waals surface area contributed by atoms with Crippen LogP contribution in [0.5, 0.6) is 0 Å². The number of nitrogens with zero attached hydrogens (tertiary/aromatic N) is 1. The third-order valence-corrected chi connectivity index (χ3v) is 5.74. The first-order valence-electron chi connectivity index (χ1n) is 8.50. The van der Waals surface area contributed by atoms with Crippen LogP contribution in [0.2, 0.25) is 0 Å². The monoisotopic (exact) mass is 379 g/mol. The molecule has 2 heterocycles. The number of carbonyl (C=O) groups excluding carboxylic acids is 1. The maximum absolute atomic E-state index is 12.4. The summed E-state index contributed by atoms with van der Waals surface area (Å²) in [4.78, 5) is 15.9. The Balaban J connectivity index is 0.00000225. The normalized spacial score (nSPS) is 21.5. The van der Waals surface area contributed by atoms with Crippen molar-refractivity contribution in [3.63, 3.8) is 0 Å². The molecule has 0 saturated carbocycles. The number of amides is 1. The Morgan fingerprint density at radius 3 is 2.72 bits per heavy atom. The highest BCUT2D eigenvalue weighted by Gasteiger charge is 2.35. The summed E-state index contributed by atoms with van der Waals surface area (Å²) in [7, 11) is 0. The van der Waals surface area contributed by atoms with Crippen LogP contribution in [-0.4, -0.2) is 42.5 Å². The van der Waals surface area contributed by atoms with Gasteiger partial charge in [-0.15, -0.1) is 23.7 Å². The molecule has 4 nitrogen and oxygen atoms in total. The van der Waals surface area contributed by atoms with E-state index in [0.717, 1.165) is 19.5 Å². The van der Waals surface area contributed by atoms with Crippen LogP contribution in [-0.2, 0) is 11.2 Å². The van der Waals surface area contributed by atoms with Gasteiger partial charge in [0, 0.05) is 36.5 Å². The number of nitrogens with two attached hydrogens (primary N) is 1. The summed E-state index contributed by atoms with van der Waals surface area (Å²) >= 11 is 1.73. The molecular formula is C19H26ClN3OS. The number of halogens is 1. The number of benzene rings is 1. The second-order valence-corrected chi connectivity index (χ2v) is 7.46. The van der Waals surface area contributed by atoms with Crippen molar-refractivity contribution in [1.82, 2.24) is 10.2 Å². The lowest BCUT2D eigenvalue weighted by Crippen LogP contribution is -2.45. The summed E-state index contributed by atoms with van der Waals surface area (Å²) < 4.78 is 0. The molecule has 3 N–H and O–H groups in total. The number of rotatable bonds is 6. The lowest BCUT2D eigenvalue weighted by atomic mass is 9.95. The van der Waals surface area contributed by atoms with Gasteiger partial charge in [0.2, 0.25) is 5.91 Å². The molecule has 1 fully saturated rings. The maximum Gasteiger partial charge on any atom is 0.237 e. The van der Waals surface area contributed by atoms with Crippen LogP contribution >= 0.6 is 23.7 Å². The smallest absolute Gasteiger partial charge is 0.237 e. The zero-order chi connectivity index (χ0) is 16.9. The van der Waals surface area contributed by atoms with Crippen molar-refractivity contribution in [3.8, 4) is 0 Å². The molecule has 1 saturated heterocycles. The van der Waals surface area contributed by atoms with E-state index in [2.05, 4.69) is 33.8 Å². The van der Waals surface area contributed by atoms with E-state index in [9.17, 15) is 4.79 Å². The van der Waals surface area contributed by atoms with Gasteiger partial charge in [-0.3, -0.25) is 9.69 Å². The molecule has 1 amide bonds. The molecule has 0 spiro atoms. The van der Waals surface area contributed by atoms with Gasteiger partial charge < -0.3 is 11.1 Å². The van der Waals surface area contributed by atoms with E-state index in [-0.39, 0.29) is 30.4 Å². The summed E-state index contributed by atoms with van der Waals surface area (Å²) in [6.07, 6.45) is 0.891. The van der Waals surface area contributed by atoms with Gasteiger partial charge >= 0.3 is 0 Å². The number of nitrogens with one attached hydrogen (secondary N) is 1. The first-order chi connectivity index (χ1) is 11.6. The Morgan fingerprint density at radius 1 is 1.28 bits per heavy atom. The average Bonchev–Trinajstić information content (AvgIpc) is 3.24. The van der Waals surface area contributed by atoms with Gasteiger partial charge in [-0.1, -0.05) is 36.4 Å². The Labute approximate surface area is 159 Å². The van der Waals surface area contributed by atoms with Crippen LogP contribution in [0.1, 0.15) is 23.3 Å². The summed E-state index contributed by atoms with van der Waals surface area (Å²) in [5.41, 5.74) is 7.59. The zero-order valence-corrected chi connectivity index (χ0v) is 16.1. The fourth-order valence-electron chi connectivity index (χ4n) is 3.31. The third kappa shape index (κ3) is 5.05. The highest BCUT2D eigenvalue weighted by Crippen LogP contribution is 2.27. The third-order valence-electron chi connectivity index (χ3n) is 4.80. The van der Waals surface area contributed by atoms with Crippen molar-refractivity contribution in [1.29, 1.82) is 0 Å². The van der Waals surface area contributed by atoms with E-state index in [0.29, 0.717) is 12.5 Å². The summed E-state index contributed by atoms with van der Waals surface area (Å²) in [5, 5.41) is 5.12. The minimum absolute atomic E-state index is 0. The summed E-state index contributed by atoms with van der Waals surface area (Å²) in [6.45, 7) is 4.26. The van der Waals surface area contributed by atoms with Crippen molar-refractivity contribution in [2.45, 2.75) is 31.3 Å². The van der Waals surface area contributed by atoms with E-state index in [1.165, 1.54) is 10.4 Å². The molecule has 0 radical (unpaired) electrons. The second-order valence-electron chi connectivity index (χ2n) is 6.43. The van der Waals surface area contributed by atoms with E-state index < -0.39 is 0 Å². The Bertz CT molecular complexity index is 650. The van der Waals surface area contributed by atoms with Crippen molar-refractivity contribution in [3.05, 3.63) is 58.3 Å². The molecule has 136 valence electrons. The van der Waals surface area contributed by atoms with Crippen molar-refractivity contribution in [2.24, 2.45) is 5.73 Å². The fraction of sp³-hybridized carbons (Fsp3) is 0.421. The molecule has 1 unspecified atom stereocenters. The number of carbonyl (C=O) groups is 1. The molecule has 3 rings (SSSR count). The molecule has 2 aromatic rings.